The van der Waals surface area contributed by atoms with Gasteiger partial charge in [-0.25, -0.2) is 0 Å². The van der Waals surface area contributed by atoms with Gasteiger partial charge in [-0.2, -0.15) is 13.2 Å². The monoisotopic (exact) mass is 243 g/mol. The molecule has 0 fully saturated rings. The van der Waals surface area contributed by atoms with Gasteiger partial charge >= 0.3 is 6.18 Å². The summed E-state index contributed by atoms with van der Waals surface area (Å²) in [6.07, 6.45) is -5.12. The Kier molecular flexibility index (Phi) is 2.66. The van der Waals surface area contributed by atoms with E-state index >= 15 is 0 Å². The molecule has 0 aliphatic heterocycles. The summed E-state index contributed by atoms with van der Waals surface area (Å²) in [5.41, 5.74) is -1.58. The van der Waals surface area contributed by atoms with Crippen molar-refractivity contribution in [3.05, 3.63) is 36.0 Å². The number of aliphatic hydroxyl groups is 1. The van der Waals surface area contributed by atoms with Gasteiger partial charge < -0.3 is 10.1 Å². The molecule has 0 saturated carbocycles. The highest BCUT2D eigenvalue weighted by molar-refractivity contribution is 5.80. The normalized spacial score (nSPS) is 16.1. The highest BCUT2D eigenvalue weighted by Crippen LogP contribution is 2.33. The Morgan fingerprint density at radius 2 is 1.88 bits per heavy atom. The second kappa shape index (κ2) is 3.77. The zero-order chi connectivity index (χ0) is 12.7. The van der Waals surface area contributed by atoms with Crippen LogP contribution in [0.25, 0.3) is 10.9 Å². The summed E-state index contributed by atoms with van der Waals surface area (Å²) in [6.45, 7) is 0.776. The molecule has 2 rings (SSSR count). The van der Waals surface area contributed by atoms with Crippen molar-refractivity contribution in [3.8, 4) is 0 Å². The third-order valence-corrected chi connectivity index (χ3v) is 2.73. The van der Waals surface area contributed by atoms with E-state index in [0.717, 1.165) is 17.8 Å². The zero-order valence-corrected chi connectivity index (χ0v) is 9.17. The van der Waals surface area contributed by atoms with Gasteiger partial charge in [0.25, 0.3) is 0 Å². The molecule has 0 radical (unpaired) electrons. The van der Waals surface area contributed by atoms with E-state index in [1.54, 1.807) is 24.3 Å². The molecule has 0 amide bonds. The number of nitrogens with one attached hydrogen (secondary N) is 1. The Balaban J connectivity index is 2.30. The molecular weight excluding hydrogens is 231 g/mol. The average Bonchev–Trinajstić information content (AvgIpc) is 2.56. The van der Waals surface area contributed by atoms with Crippen LogP contribution < -0.4 is 0 Å². The lowest BCUT2D eigenvalue weighted by Crippen LogP contribution is -2.44. The Morgan fingerprint density at radius 1 is 1.24 bits per heavy atom. The molecule has 1 aromatic heterocycles. The van der Waals surface area contributed by atoms with Gasteiger partial charge in [-0.05, 0) is 24.4 Å². The van der Waals surface area contributed by atoms with Crippen LogP contribution in [-0.2, 0) is 6.42 Å². The maximum absolute atomic E-state index is 12.5. The van der Waals surface area contributed by atoms with Gasteiger partial charge in [0.05, 0.1) is 0 Å². The number of H-pyrrole nitrogens is 1. The number of benzene rings is 1. The molecule has 0 spiro atoms. The first kappa shape index (κ1) is 12.0. The van der Waals surface area contributed by atoms with Crippen LogP contribution in [0.4, 0.5) is 13.2 Å². The smallest absolute Gasteiger partial charge is 0.380 e. The minimum atomic E-state index is -4.63. The molecule has 5 heteroatoms. The van der Waals surface area contributed by atoms with Crippen molar-refractivity contribution in [1.29, 1.82) is 0 Å². The Hall–Kier alpha value is -1.49. The molecule has 2 N–H and O–H groups in total. The number of para-hydroxylation sites is 1. The van der Waals surface area contributed by atoms with E-state index in [2.05, 4.69) is 4.98 Å². The molecule has 1 atom stereocenters. The largest absolute Gasteiger partial charge is 0.417 e. The van der Waals surface area contributed by atoms with Gasteiger partial charge in [-0.15, -0.1) is 0 Å². The average molecular weight is 243 g/mol. The highest BCUT2D eigenvalue weighted by Gasteiger charge is 2.49. The molecule has 1 unspecified atom stereocenters. The van der Waals surface area contributed by atoms with E-state index < -0.39 is 18.2 Å². The van der Waals surface area contributed by atoms with Crippen molar-refractivity contribution < 1.29 is 18.3 Å². The second-order valence-electron chi connectivity index (χ2n) is 4.33. The standard InChI is InChI=1S/C12H12F3NO/c1-11(17,12(13,14)15)7-9-6-8-4-2-3-5-10(8)16-9/h2-6,16-17H,7H2,1H3. The van der Waals surface area contributed by atoms with Gasteiger partial charge in [0.15, 0.2) is 5.60 Å². The van der Waals surface area contributed by atoms with E-state index in [1.807, 2.05) is 6.07 Å². The van der Waals surface area contributed by atoms with Crippen LogP contribution in [0.3, 0.4) is 0 Å². The van der Waals surface area contributed by atoms with Crippen LogP contribution in [0.15, 0.2) is 30.3 Å². The summed E-state index contributed by atoms with van der Waals surface area (Å²) in [4.78, 5) is 2.86. The summed E-state index contributed by atoms with van der Waals surface area (Å²) in [7, 11) is 0. The van der Waals surface area contributed by atoms with E-state index in [1.165, 1.54) is 0 Å². The number of hydrogen-bond acceptors (Lipinski definition) is 1. The molecule has 2 aromatic rings. The molecule has 1 aromatic carbocycles. The summed E-state index contributed by atoms with van der Waals surface area (Å²) in [5, 5.41) is 10.2. The zero-order valence-electron chi connectivity index (χ0n) is 9.17. The number of rotatable bonds is 2. The van der Waals surface area contributed by atoms with Crippen molar-refractivity contribution in [3.63, 3.8) is 0 Å². The molecule has 0 bridgehead atoms. The molecule has 92 valence electrons. The molecule has 0 saturated heterocycles. The predicted octanol–water partition coefficient (Wildman–Crippen LogP) is 3.02. The van der Waals surface area contributed by atoms with Gasteiger partial charge in [0.1, 0.15) is 0 Å². The molecule has 1 heterocycles. The van der Waals surface area contributed by atoms with E-state index in [9.17, 15) is 18.3 Å². The predicted molar refractivity (Wildman–Crippen MR) is 58.7 cm³/mol. The first-order valence-corrected chi connectivity index (χ1v) is 5.15. The number of alkyl halides is 3. The Bertz CT molecular complexity index is 495. The van der Waals surface area contributed by atoms with E-state index in [4.69, 9.17) is 0 Å². The fourth-order valence-electron chi connectivity index (χ4n) is 1.70. The topological polar surface area (TPSA) is 36.0 Å². The molecule has 0 aliphatic rings. The minimum Gasteiger partial charge on any atom is -0.380 e. The van der Waals surface area contributed by atoms with Crippen LogP contribution in [0.5, 0.6) is 0 Å². The lowest BCUT2D eigenvalue weighted by molar-refractivity contribution is -0.252. The van der Waals surface area contributed by atoms with Gasteiger partial charge in [0, 0.05) is 17.6 Å². The molecular formula is C12H12F3NO. The second-order valence-corrected chi connectivity index (χ2v) is 4.33. The summed E-state index contributed by atoms with van der Waals surface area (Å²) in [6, 6.07) is 8.81. The van der Waals surface area contributed by atoms with Crippen LogP contribution in [-0.4, -0.2) is 21.9 Å². The van der Waals surface area contributed by atoms with Gasteiger partial charge in [-0.1, -0.05) is 18.2 Å². The first-order chi connectivity index (χ1) is 7.79. The molecule has 2 nitrogen and oxygen atoms in total. The fraction of sp³-hybridized carbons (Fsp3) is 0.333. The Labute approximate surface area is 96.1 Å². The Morgan fingerprint density at radius 3 is 2.47 bits per heavy atom. The SMILES string of the molecule is CC(O)(Cc1cc2ccccc2[nH]1)C(F)(F)F. The van der Waals surface area contributed by atoms with Crippen LogP contribution in [0, 0.1) is 0 Å². The summed E-state index contributed by atoms with van der Waals surface area (Å²) in [5.74, 6) is 0. The van der Waals surface area contributed by atoms with E-state index in [-0.39, 0.29) is 0 Å². The number of aromatic amines is 1. The minimum absolute atomic E-state index is 0.369. The number of halogens is 3. The maximum atomic E-state index is 12.5. The quantitative estimate of drug-likeness (QED) is 0.835. The number of hydrogen-bond donors (Lipinski definition) is 2. The number of fused-ring (bicyclic) bond motifs is 1. The van der Waals surface area contributed by atoms with Crippen molar-refractivity contribution in [2.24, 2.45) is 0 Å². The van der Waals surface area contributed by atoms with Crippen molar-refractivity contribution in [2.45, 2.75) is 25.1 Å². The lowest BCUT2D eigenvalue weighted by Gasteiger charge is -2.25. The molecule has 0 aliphatic carbocycles. The fourth-order valence-corrected chi connectivity index (χ4v) is 1.70. The van der Waals surface area contributed by atoms with Crippen molar-refractivity contribution in [1.82, 2.24) is 4.98 Å². The third-order valence-electron chi connectivity index (χ3n) is 2.73. The summed E-state index contributed by atoms with van der Waals surface area (Å²) < 4.78 is 37.5. The van der Waals surface area contributed by atoms with E-state index in [0.29, 0.717) is 5.69 Å². The van der Waals surface area contributed by atoms with Gasteiger partial charge in [-0.3, -0.25) is 0 Å². The molecule has 17 heavy (non-hydrogen) atoms. The number of aromatic nitrogens is 1. The highest BCUT2D eigenvalue weighted by atomic mass is 19.4. The van der Waals surface area contributed by atoms with Crippen LogP contribution in [0.2, 0.25) is 0 Å². The van der Waals surface area contributed by atoms with Crippen LogP contribution >= 0.6 is 0 Å². The van der Waals surface area contributed by atoms with Crippen LogP contribution in [0.1, 0.15) is 12.6 Å². The first-order valence-electron chi connectivity index (χ1n) is 5.15. The maximum Gasteiger partial charge on any atom is 0.417 e. The van der Waals surface area contributed by atoms with Crippen molar-refractivity contribution >= 4 is 10.9 Å². The lowest BCUT2D eigenvalue weighted by atomic mass is 10.00. The third kappa shape index (κ3) is 2.29. The van der Waals surface area contributed by atoms with Crippen molar-refractivity contribution in [2.75, 3.05) is 0 Å². The summed E-state index contributed by atoms with van der Waals surface area (Å²) >= 11 is 0. The van der Waals surface area contributed by atoms with Gasteiger partial charge in [0.2, 0.25) is 0 Å².